The third kappa shape index (κ3) is 3.83. The summed E-state index contributed by atoms with van der Waals surface area (Å²) in [7, 11) is 3.71. The number of carbonyl (C=O) groups is 1. The molecule has 102 valence electrons. The van der Waals surface area contributed by atoms with Crippen molar-refractivity contribution in [2.75, 3.05) is 40.3 Å². The smallest absolute Gasteiger partial charge is 0.246 e. The van der Waals surface area contributed by atoms with Crippen molar-refractivity contribution in [3.8, 4) is 5.75 Å². The highest BCUT2D eigenvalue weighted by molar-refractivity contribution is 5.91. The average molecular weight is 260 g/mol. The van der Waals surface area contributed by atoms with Crippen LogP contribution in [0.25, 0.3) is 6.08 Å². The topological polar surface area (TPSA) is 32.8 Å². The fourth-order valence-corrected chi connectivity index (χ4v) is 2.04. The Labute approximate surface area is 114 Å². The number of carbonyl (C=O) groups excluding carboxylic acids is 1. The molecule has 1 aromatic rings. The first-order chi connectivity index (χ1) is 9.19. The SMILES string of the molecule is COc1cccc(C=CC(=O)N2CCN(C)CC2)c1. The van der Waals surface area contributed by atoms with Crippen molar-refractivity contribution in [2.24, 2.45) is 0 Å². The molecule has 1 fully saturated rings. The Morgan fingerprint density at radius 3 is 2.68 bits per heavy atom. The number of nitrogens with zero attached hydrogens (tertiary/aromatic N) is 2. The van der Waals surface area contributed by atoms with E-state index >= 15 is 0 Å². The van der Waals surface area contributed by atoms with E-state index in [1.807, 2.05) is 35.2 Å². The highest BCUT2D eigenvalue weighted by Crippen LogP contribution is 2.13. The molecule has 0 bridgehead atoms. The van der Waals surface area contributed by atoms with Gasteiger partial charge >= 0.3 is 0 Å². The van der Waals surface area contributed by atoms with E-state index in [0.29, 0.717) is 0 Å². The number of hydrogen-bond donors (Lipinski definition) is 0. The highest BCUT2D eigenvalue weighted by Gasteiger charge is 2.16. The van der Waals surface area contributed by atoms with Crippen LogP contribution in [-0.4, -0.2) is 56.0 Å². The number of hydrogen-bond acceptors (Lipinski definition) is 3. The third-order valence-corrected chi connectivity index (χ3v) is 3.33. The van der Waals surface area contributed by atoms with Gasteiger partial charge in [0.05, 0.1) is 7.11 Å². The van der Waals surface area contributed by atoms with Gasteiger partial charge in [0.15, 0.2) is 0 Å². The Balaban J connectivity index is 1.95. The molecular formula is C15H20N2O2. The van der Waals surface area contributed by atoms with Gasteiger partial charge in [0.2, 0.25) is 5.91 Å². The van der Waals surface area contributed by atoms with Crippen LogP contribution in [0, 0.1) is 0 Å². The number of methoxy groups -OCH3 is 1. The van der Waals surface area contributed by atoms with Gasteiger partial charge in [-0.15, -0.1) is 0 Å². The van der Waals surface area contributed by atoms with E-state index in [2.05, 4.69) is 11.9 Å². The summed E-state index contributed by atoms with van der Waals surface area (Å²) in [6, 6.07) is 7.67. The molecule has 0 N–H and O–H groups in total. The van der Waals surface area contributed by atoms with E-state index in [4.69, 9.17) is 4.74 Å². The fourth-order valence-electron chi connectivity index (χ4n) is 2.04. The summed E-state index contributed by atoms with van der Waals surface area (Å²) in [5.74, 6) is 0.880. The van der Waals surface area contributed by atoms with Crippen molar-refractivity contribution in [3.05, 3.63) is 35.9 Å². The lowest BCUT2D eigenvalue weighted by Crippen LogP contribution is -2.46. The summed E-state index contributed by atoms with van der Waals surface area (Å²) in [4.78, 5) is 16.1. The molecule has 4 nitrogen and oxygen atoms in total. The van der Waals surface area contributed by atoms with Crippen LogP contribution in [0.5, 0.6) is 5.75 Å². The zero-order chi connectivity index (χ0) is 13.7. The van der Waals surface area contributed by atoms with E-state index < -0.39 is 0 Å². The minimum absolute atomic E-state index is 0.0796. The molecule has 0 aromatic heterocycles. The van der Waals surface area contributed by atoms with Crippen LogP contribution in [0.2, 0.25) is 0 Å². The maximum atomic E-state index is 12.0. The number of benzene rings is 1. The Hall–Kier alpha value is -1.81. The normalized spacial score (nSPS) is 16.8. The molecule has 1 heterocycles. The second-order valence-electron chi connectivity index (χ2n) is 4.74. The molecular weight excluding hydrogens is 240 g/mol. The van der Waals surface area contributed by atoms with Crippen LogP contribution in [0.15, 0.2) is 30.3 Å². The van der Waals surface area contributed by atoms with Gasteiger partial charge in [-0.25, -0.2) is 0 Å². The van der Waals surface area contributed by atoms with Crippen molar-refractivity contribution in [2.45, 2.75) is 0 Å². The molecule has 0 atom stereocenters. The van der Waals surface area contributed by atoms with Crippen molar-refractivity contribution < 1.29 is 9.53 Å². The van der Waals surface area contributed by atoms with E-state index in [0.717, 1.165) is 37.5 Å². The van der Waals surface area contributed by atoms with Gasteiger partial charge < -0.3 is 14.5 Å². The summed E-state index contributed by atoms with van der Waals surface area (Å²) in [5.41, 5.74) is 0.974. The van der Waals surface area contributed by atoms with E-state index in [1.54, 1.807) is 13.2 Å². The number of rotatable bonds is 3. The van der Waals surface area contributed by atoms with Gasteiger partial charge in [-0.3, -0.25) is 4.79 Å². The quantitative estimate of drug-likeness (QED) is 0.772. The minimum atomic E-state index is 0.0796. The van der Waals surface area contributed by atoms with Crippen molar-refractivity contribution >= 4 is 12.0 Å². The number of ether oxygens (including phenoxy) is 1. The van der Waals surface area contributed by atoms with Crippen LogP contribution in [0.1, 0.15) is 5.56 Å². The predicted octanol–water partition coefficient (Wildman–Crippen LogP) is 1.48. The zero-order valence-electron chi connectivity index (χ0n) is 11.5. The number of amides is 1. The molecule has 0 unspecified atom stereocenters. The summed E-state index contributed by atoms with van der Waals surface area (Å²) in [6.07, 6.45) is 3.48. The first-order valence-electron chi connectivity index (χ1n) is 6.48. The maximum absolute atomic E-state index is 12.0. The lowest BCUT2D eigenvalue weighted by atomic mass is 10.2. The maximum Gasteiger partial charge on any atom is 0.246 e. The largest absolute Gasteiger partial charge is 0.497 e. The predicted molar refractivity (Wildman–Crippen MR) is 76.1 cm³/mol. The van der Waals surface area contributed by atoms with Crippen LogP contribution in [-0.2, 0) is 4.79 Å². The van der Waals surface area contributed by atoms with Gasteiger partial charge in [-0.05, 0) is 30.8 Å². The molecule has 0 aliphatic carbocycles. The molecule has 2 rings (SSSR count). The van der Waals surface area contributed by atoms with E-state index in [-0.39, 0.29) is 5.91 Å². The van der Waals surface area contributed by atoms with Gasteiger partial charge in [0, 0.05) is 32.3 Å². The molecule has 4 heteroatoms. The lowest BCUT2D eigenvalue weighted by molar-refractivity contribution is -0.127. The summed E-state index contributed by atoms with van der Waals surface area (Å²) in [6.45, 7) is 3.49. The first kappa shape index (κ1) is 13.6. The zero-order valence-corrected chi connectivity index (χ0v) is 11.5. The Morgan fingerprint density at radius 1 is 1.26 bits per heavy atom. The van der Waals surface area contributed by atoms with Gasteiger partial charge in [0.25, 0.3) is 0 Å². The average Bonchev–Trinajstić information content (AvgIpc) is 2.46. The van der Waals surface area contributed by atoms with E-state index in [1.165, 1.54) is 0 Å². The van der Waals surface area contributed by atoms with Gasteiger partial charge in [-0.1, -0.05) is 12.1 Å². The second-order valence-corrected chi connectivity index (χ2v) is 4.74. The Bertz CT molecular complexity index is 463. The van der Waals surface area contributed by atoms with Crippen molar-refractivity contribution in [3.63, 3.8) is 0 Å². The summed E-state index contributed by atoms with van der Waals surface area (Å²) >= 11 is 0. The Kier molecular flexibility index (Phi) is 4.58. The second kappa shape index (κ2) is 6.38. The molecule has 1 amide bonds. The van der Waals surface area contributed by atoms with Crippen LogP contribution in [0.3, 0.4) is 0 Å². The third-order valence-electron chi connectivity index (χ3n) is 3.33. The van der Waals surface area contributed by atoms with Gasteiger partial charge in [-0.2, -0.15) is 0 Å². The van der Waals surface area contributed by atoms with Crippen LogP contribution >= 0.6 is 0 Å². The molecule has 0 saturated carbocycles. The van der Waals surface area contributed by atoms with Crippen molar-refractivity contribution in [1.82, 2.24) is 9.80 Å². The first-order valence-corrected chi connectivity index (χ1v) is 6.48. The summed E-state index contributed by atoms with van der Waals surface area (Å²) < 4.78 is 5.16. The fraction of sp³-hybridized carbons (Fsp3) is 0.400. The van der Waals surface area contributed by atoms with Crippen molar-refractivity contribution in [1.29, 1.82) is 0 Å². The molecule has 1 aliphatic rings. The number of likely N-dealkylation sites (N-methyl/N-ethyl adjacent to an activating group) is 1. The molecule has 0 spiro atoms. The van der Waals surface area contributed by atoms with Crippen LogP contribution < -0.4 is 4.74 Å². The minimum Gasteiger partial charge on any atom is -0.497 e. The molecule has 19 heavy (non-hydrogen) atoms. The molecule has 1 aliphatic heterocycles. The summed E-state index contributed by atoms with van der Waals surface area (Å²) in [5, 5.41) is 0. The standard InChI is InChI=1S/C15H20N2O2/c1-16-8-10-17(11-9-16)15(18)7-6-13-4-3-5-14(12-13)19-2/h3-7,12H,8-11H2,1-2H3. The monoisotopic (exact) mass is 260 g/mol. The Morgan fingerprint density at radius 2 is 2.00 bits per heavy atom. The lowest BCUT2D eigenvalue weighted by Gasteiger charge is -2.31. The molecule has 1 aromatic carbocycles. The molecule has 0 radical (unpaired) electrons. The van der Waals surface area contributed by atoms with E-state index in [9.17, 15) is 4.79 Å². The van der Waals surface area contributed by atoms with Gasteiger partial charge in [0.1, 0.15) is 5.75 Å². The van der Waals surface area contributed by atoms with Crippen LogP contribution in [0.4, 0.5) is 0 Å². The highest BCUT2D eigenvalue weighted by atomic mass is 16.5. The number of piperazine rings is 1. The molecule has 1 saturated heterocycles.